The second kappa shape index (κ2) is 8.82. The van der Waals surface area contributed by atoms with Gasteiger partial charge in [0.1, 0.15) is 23.9 Å². The molecule has 3 aromatic rings. The summed E-state index contributed by atoms with van der Waals surface area (Å²) in [5, 5.41) is 1.11. The molecule has 0 saturated heterocycles. The molecule has 6 heteroatoms. The fourth-order valence-corrected chi connectivity index (χ4v) is 3.50. The van der Waals surface area contributed by atoms with Crippen molar-refractivity contribution in [2.24, 2.45) is 0 Å². The Morgan fingerprint density at radius 1 is 0.933 bits per heavy atom. The van der Waals surface area contributed by atoms with Crippen LogP contribution in [0.2, 0.25) is 10.0 Å². The van der Waals surface area contributed by atoms with Crippen molar-refractivity contribution in [3.05, 3.63) is 93.2 Å². The predicted molar refractivity (Wildman–Crippen MR) is 118 cm³/mol. The summed E-state index contributed by atoms with van der Waals surface area (Å²) < 4.78 is 17.0. The van der Waals surface area contributed by atoms with E-state index < -0.39 is 0 Å². The maximum Gasteiger partial charge on any atom is 0.231 e. The lowest BCUT2D eigenvalue weighted by atomic mass is 10.1. The molecular weight excluding hydrogens is 423 g/mol. The lowest BCUT2D eigenvalue weighted by Crippen LogP contribution is -1.98. The Bertz CT molecular complexity index is 1120. The summed E-state index contributed by atoms with van der Waals surface area (Å²) in [6.07, 6.45) is 1.71. The van der Waals surface area contributed by atoms with Crippen LogP contribution >= 0.6 is 23.2 Å². The fourth-order valence-electron chi connectivity index (χ4n) is 3.04. The van der Waals surface area contributed by atoms with Gasteiger partial charge in [0.05, 0.1) is 12.2 Å². The molecule has 0 saturated carbocycles. The highest BCUT2D eigenvalue weighted by Crippen LogP contribution is 2.35. The Morgan fingerprint density at radius 3 is 2.43 bits per heavy atom. The zero-order valence-electron chi connectivity index (χ0n) is 16.2. The molecule has 4 rings (SSSR count). The van der Waals surface area contributed by atoms with Crippen LogP contribution in [0.4, 0.5) is 0 Å². The van der Waals surface area contributed by atoms with Crippen LogP contribution in [-0.2, 0) is 6.61 Å². The number of fused-ring (bicyclic) bond motifs is 1. The number of benzene rings is 3. The highest BCUT2D eigenvalue weighted by Gasteiger charge is 2.27. The normalized spacial score (nSPS) is 13.8. The summed E-state index contributed by atoms with van der Waals surface area (Å²) in [6.45, 7) is 2.81. The van der Waals surface area contributed by atoms with E-state index in [0.29, 0.717) is 33.7 Å². The maximum absolute atomic E-state index is 12.6. The lowest BCUT2D eigenvalue weighted by molar-refractivity contribution is 0.101. The van der Waals surface area contributed by atoms with Gasteiger partial charge < -0.3 is 14.2 Å². The van der Waals surface area contributed by atoms with Gasteiger partial charge in [-0.05, 0) is 55.0 Å². The van der Waals surface area contributed by atoms with E-state index in [2.05, 4.69) is 0 Å². The number of carbonyl (C=O) groups excluding carboxylic acids is 1. The van der Waals surface area contributed by atoms with Gasteiger partial charge in [-0.3, -0.25) is 4.79 Å². The molecule has 1 aliphatic heterocycles. The molecule has 0 unspecified atom stereocenters. The number of hydrogen-bond acceptors (Lipinski definition) is 4. The van der Waals surface area contributed by atoms with Gasteiger partial charge in [-0.2, -0.15) is 0 Å². The minimum Gasteiger partial charge on any atom is -0.494 e. The van der Waals surface area contributed by atoms with Gasteiger partial charge in [-0.1, -0.05) is 41.4 Å². The van der Waals surface area contributed by atoms with Crippen LogP contribution < -0.4 is 14.2 Å². The van der Waals surface area contributed by atoms with Crippen LogP contribution in [0.5, 0.6) is 17.2 Å². The van der Waals surface area contributed by atoms with E-state index in [9.17, 15) is 4.79 Å². The number of hydrogen-bond donors (Lipinski definition) is 0. The molecule has 0 radical (unpaired) electrons. The van der Waals surface area contributed by atoms with Crippen LogP contribution in [0, 0.1) is 0 Å². The van der Waals surface area contributed by atoms with E-state index in [-0.39, 0.29) is 18.1 Å². The van der Waals surface area contributed by atoms with Gasteiger partial charge in [0, 0.05) is 21.7 Å². The number of halogens is 2. The lowest BCUT2D eigenvalue weighted by Gasteiger charge is -2.09. The molecule has 152 valence electrons. The number of rotatable bonds is 6. The molecule has 4 nitrogen and oxygen atoms in total. The Kier molecular flexibility index (Phi) is 5.98. The summed E-state index contributed by atoms with van der Waals surface area (Å²) in [5.74, 6) is 1.94. The molecule has 0 amide bonds. The first kappa shape index (κ1) is 20.3. The number of carbonyl (C=O) groups is 1. The van der Waals surface area contributed by atoms with Gasteiger partial charge >= 0.3 is 0 Å². The molecule has 1 aliphatic rings. The third kappa shape index (κ3) is 4.45. The van der Waals surface area contributed by atoms with Gasteiger partial charge in [0.15, 0.2) is 5.76 Å². The Labute approximate surface area is 184 Å². The molecule has 0 aromatic heterocycles. The zero-order valence-corrected chi connectivity index (χ0v) is 17.7. The van der Waals surface area contributed by atoms with E-state index in [1.54, 1.807) is 36.4 Å². The van der Waals surface area contributed by atoms with E-state index in [1.807, 2.05) is 37.3 Å². The summed E-state index contributed by atoms with van der Waals surface area (Å²) in [6, 6.07) is 17.9. The van der Waals surface area contributed by atoms with E-state index in [4.69, 9.17) is 37.4 Å². The molecule has 0 N–H and O–H groups in total. The van der Waals surface area contributed by atoms with E-state index in [0.717, 1.165) is 16.9 Å². The van der Waals surface area contributed by atoms with Crippen molar-refractivity contribution in [3.63, 3.8) is 0 Å². The molecular formula is C24H18Cl2O4. The van der Waals surface area contributed by atoms with Crippen LogP contribution in [0.3, 0.4) is 0 Å². The van der Waals surface area contributed by atoms with Crippen LogP contribution in [0.15, 0.2) is 66.4 Å². The van der Waals surface area contributed by atoms with Crippen molar-refractivity contribution in [1.29, 1.82) is 0 Å². The molecule has 1 heterocycles. The zero-order chi connectivity index (χ0) is 21.1. The third-order valence-corrected chi connectivity index (χ3v) is 5.13. The summed E-state index contributed by atoms with van der Waals surface area (Å²) >= 11 is 12.1. The second-order valence-electron chi connectivity index (χ2n) is 6.62. The molecule has 0 bridgehead atoms. The first-order valence-electron chi connectivity index (χ1n) is 9.41. The quantitative estimate of drug-likeness (QED) is 0.405. The van der Waals surface area contributed by atoms with Crippen molar-refractivity contribution in [3.8, 4) is 17.2 Å². The first-order valence-corrected chi connectivity index (χ1v) is 10.2. The third-order valence-electron chi connectivity index (χ3n) is 4.54. The van der Waals surface area contributed by atoms with Crippen molar-refractivity contribution in [2.75, 3.05) is 6.61 Å². The predicted octanol–water partition coefficient (Wildman–Crippen LogP) is 6.59. The molecule has 0 fully saturated rings. The van der Waals surface area contributed by atoms with Gasteiger partial charge in [0.25, 0.3) is 0 Å². The van der Waals surface area contributed by atoms with Gasteiger partial charge in [-0.15, -0.1) is 0 Å². The maximum atomic E-state index is 12.6. The molecule has 30 heavy (non-hydrogen) atoms. The van der Waals surface area contributed by atoms with Crippen molar-refractivity contribution in [2.45, 2.75) is 13.5 Å². The summed E-state index contributed by atoms with van der Waals surface area (Å²) in [7, 11) is 0. The average molecular weight is 441 g/mol. The Morgan fingerprint density at radius 2 is 1.70 bits per heavy atom. The first-order chi connectivity index (χ1) is 14.5. The summed E-state index contributed by atoms with van der Waals surface area (Å²) in [5.41, 5.74) is 2.17. The Balaban J connectivity index is 1.48. The summed E-state index contributed by atoms with van der Waals surface area (Å²) in [4.78, 5) is 12.6. The van der Waals surface area contributed by atoms with Gasteiger partial charge in [-0.25, -0.2) is 0 Å². The van der Waals surface area contributed by atoms with E-state index in [1.165, 1.54) is 0 Å². The highest BCUT2D eigenvalue weighted by molar-refractivity contribution is 6.35. The topological polar surface area (TPSA) is 44.8 Å². The minimum atomic E-state index is -0.161. The molecule has 0 atom stereocenters. The van der Waals surface area contributed by atoms with Gasteiger partial charge in [0.2, 0.25) is 5.78 Å². The monoisotopic (exact) mass is 440 g/mol. The van der Waals surface area contributed by atoms with Crippen LogP contribution in [0.25, 0.3) is 6.08 Å². The van der Waals surface area contributed by atoms with Crippen LogP contribution in [0.1, 0.15) is 28.4 Å². The molecule has 0 aliphatic carbocycles. The number of ether oxygens (including phenoxy) is 3. The van der Waals surface area contributed by atoms with E-state index >= 15 is 0 Å². The fraction of sp³-hybridized carbons (Fsp3) is 0.125. The largest absolute Gasteiger partial charge is 0.494 e. The average Bonchev–Trinajstić information content (AvgIpc) is 3.04. The number of Topliss-reactive ketones (excluding diaryl/α,β-unsaturated/α-hetero) is 1. The standard InChI is InChI=1S/C24H18Cl2O4/c1-2-28-18-7-3-15(4-8-18)11-23-24(27)20-10-9-19(13-22(20)30-23)29-14-16-5-6-17(25)12-21(16)26/h3-13H,2,14H2,1H3/b23-11-. The molecule has 0 spiro atoms. The number of ketones is 1. The Hall–Kier alpha value is -2.95. The van der Waals surface area contributed by atoms with Crippen molar-refractivity contribution in [1.82, 2.24) is 0 Å². The number of allylic oxidation sites excluding steroid dienone is 1. The minimum absolute atomic E-state index is 0.161. The highest BCUT2D eigenvalue weighted by atomic mass is 35.5. The van der Waals surface area contributed by atoms with Crippen LogP contribution in [-0.4, -0.2) is 12.4 Å². The SMILES string of the molecule is CCOc1ccc(/C=C2\Oc3cc(OCc4ccc(Cl)cc4Cl)ccc3C2=O)cc1. The van der Waals surface area contributed by atoms with Crippen molar-refractivity contribution >= 4 is 35.1 Å². The molecule has 3 aromatic carbocycles. The smallest absolute Gasteiger partial charge is 0.231 e. The van der Waals surface area contributed by atoms with Crippen molar-refractivity contribution < 1.29 is 19.0 Å². The second-order valence-corrected chi connectivity index (χ2v) is 7.47.